The highest BCUT2D eigenvalue weighted by molar-refractivity contribution is 5.99. The summed E-state index contributed by atoms with van der Waals surface area (Å²) in [7, 11) is 0. The smallest absolute Gasteiger partial charge is 0.261 e. The fourth-order valence-corrected chi connectivity index (χ4v) is 2.12. The van der Waals surface area contributed by atoms with E-state index in [1.807, 2.05) is 6.92 Å². The van der Waals surface area contributed by atoms with Gasteiger partial charge in [0.2, 0.25) is 0 Å². The second-order valence-corrected chi connectivity index (χ2v) is 4.70. The largest absolute Gasteiger partial charge is 0.507 e. The SMILES string of the molecule is CCC(CC)CN(CC)C(=O)c1c(O)cccc1O. The van der Waals surface area contributed by atoms with Crippen LogP contribution in [0.1, 0.15) is 44.0 Å². The summed E-state index contributed by atoms with van der Waals surface area (Å²) in [6.07, 6.45) is 2.01. The number of carbonyl (C=O) groups is 1. The highest BCUT2D eigenvalue weighted by atomic mass is 16.3. The van der Waals surface area contributed by atoms with Crippen LogP contribution in [0.25, 0.3) is 0 Å². The zero-order valence-electron chi connectivity index (χ0n) is 11.9. The van der Waals surface area contributed by atoms with Crippen molar-refractivity contribution in [1.29, 1.82) is 0 Å². The minimum atomic E-state index is -0.315. The number of aromatic hydroxyl groups is 2. The van der Waals surface area contributed by atoms with Crippen molar-refractivity contribution in [3.63, 3.8) is 0 Å². The van der Waals surface area contributed by atoms with Crippen LogP contribution in [-0.4, -0.2) is 34.1 Å². The van der Waals surface area contributed by atoms with Crippen LogP contribution in [0.4, 0.5) is 0 Å². The van der Waals surface area contributed by atoms with Gasteiger partial charge >= 0.3 is 0 Å². The Morgan fingerprint density at radius 1 is 1.16 bits per heavy atom. The molecule has 1 amide bonds. The lowest BCUT2D eigenvalue weighted by atomic mass is 10.0. The average molecular weight is 265 g/mol. The van der Waals surface area contributed by atoms with Crippen molar-refractivity contribution in [3.8, 4) is 11.5 Å². The van der Waals surface area contributed by atoms with E-state index < -0.39 is 0 Å². The van der Waals surface area contributed by atoms with Gasteiger partial charge in [-0.3, -0.25) is 4.79 Å². The monoisotopic (exact) mass is 265 g/mol. The number of amides is 1. The summed E-state index contributed by atoms with van der Waals surface area (Å²) in [5.74, 6) is -0.220. The number of benzene rings is 1. The maximum atomic E-state index is 12.4. The molecule has 0 heterocycles. The predicted molar refractivity (Wildman–Crippen MR) is 75.4 cm³/mol. The molecule has 1 aromatic carbocycles. The van der Waals surface area contributed by atoms with E-state index in [2.05, 4.69) is 13.8 Å². The Labute approximate surface area is 114 Å². The van der Waals surface area contributed by atoms with Crippen LogP contribution in [0.2, 0.25) is 0 Å². The van der Waals surface area contributed by atoms with Crippen LogP contribution < -0.4 is 0 Å². The Kier molecular flexibility index (Phi) is 5.67. The Morgan fingerprint density at radius 3 is 2.11 bits per heavy atom. The van der Waals surface area contributed by atoms with E-state index in [1.165, 1.54) is 18.2 Å². The Hall–Kier alpha value is -1.71. The molecular weight excluding hydrogens is 242 g/mol. The van der Waals surface area contributed by atoms with Gasteiger partial charge in [-0.25, -0.2) is 0 Å². The molecule has 1 rings (SSSR count). The molecule has 2 N–H and O–H groups in total. The molecule has 4 nitrogen and oxygen atoms in total. The van der Waals surface area contributed by atoms with Crippen molar-refractivity contribution >= 4 is 5.91 Å². The molecule has 0 unspecified atom stereocenters. The topological polar surface area (TPSA) is 60.8 Å². The molecule has 0 fully saturated rings. The summed E-state index contributed by atoms with van der Waals surface area (Å²) >= 11 is 0. The number of phenols is 2. The number of hydrogen-bond acceptors (Lipinski definition) is 3. The molecule has 0 aliphatic rings. The summed E-state index contributed by atoms with van der Waals surface area (Å²) in [6.45, 7) is 7.31. The molecule has 0 spiro atoms. The third-order valence-electron chi connectivity index (χ3n) is 3.54. The second kappa shape index (κ2) is 7.02. The summed E-state index contributed by atoms with van der Waals surface area (Å²) in [5.41, 5.74) is -0.00435. The molecule has 1 aromatic rings. The van der Waals surface area contributed by atoms with Gasteiger partial charge in [-0.15, -0.1) is 0 Å². The first-order chi connectivity index (χ1) is 9.04. The fraction of sp³-hybridized carbons (Fsp3) is 0.533. The lowest BCUT2D eigenvalue weighted by Gasteiger charge is -2.26. The van der Waals surface area contributed by atoms with Gasteiger partial charge < -0.3 is 15.1 Å². The molecule has 0 saturated carbocycles. The highest BCUT2D eigenvalue weighted by Gasteiger charge is 2.22. The van der Waals surface area contributed by atoms with Crippen molar-refractivity contribution in [3.05, 3.63) is 23.8 Å². The van der Waals surface area contributed by atoms with E-state index in [1.54, 1.807) is 4.90 Å². The molecule has 0 aliphatic heterocycles. The molecule has 0 bridgehead atoms. The molecule has 19 heavy (non-hydrogen) atoms. The van der Waals surface area contributed by atoms with Crippen LogP contribution in [0.15, 0.2) is 18.2 Å². The summed E-state index contributed by atoms with van der Waals surface area (Å²) < 4.78 is 0. The van der Waals surface area contributed by atoms with Crippen LogP contribution in [0, 0.1) is 5.92 Å². The van der Waals surface area contributed by atoms with Crippen molar-refractivity contribution in [2.24, 2.45) is 5.92 Å². The van der Waals surface area contributed by atoms with Gasteiger partial charge in [-0.2, -0.15) is 0 Å². The number of carbonyl (C=O) groups excluding carboxylic acids is 1. The summed E-state index contributed by atoms with van der Waals surface area (Å²) in [5, 5.41) is 19.5. The fourth-order valence-electron chi connectivity index (χ4n) is 2.12. The number of phenolic OH excluding ortho intramolecular Hbond substituents is 2. The third kappa shape index (κ3) is 3.63. The van der Waals surface area contributed by atoms with Gasteiger partial charge in [-0.05, 0) is 25.0 Å². The van der Waals surface area contributed by atoms with Gasteiger partial charge in [0.15, 0.2) is 0 Å². The van der Waals surface area contributed by atoms with Gasteiger partial charge in [0.1, 0.15) is 17.1 Å². The van der Waals surface area contributed by atoms with Crippen LogP contribution in [0.5, 0.6) is 11.5 Å². The van der Waals surface area contributed by atoms with Crippen molar-refractivity contribution in [2.75, 3.05) is 13.1 Å². The first-order valence-electron chi connectivity index (χ1n) is 6.85. The lowest BCUT2D eigenvalue weighted by Crippen LogP contribution is -2.35. The molecule has 0 radical (unpaired) electrons. The molecule has 0 aliphatic carbocycles. The van der Waals surface area contributed by atoms with Crippen LogP contribution >= 0.6 is 0 Å². The highest BCUT2D eigenvalue weighted by Crippen LogP contribution is 2.28. The van der Waals surface area contributed by atoms with E-state index in [0.717, 1.165) is 12.8 Å². The molecule has 0 atom stereocenters. The van der Waals surface area contributed by atoms with E-state index in [0.29, 0.717) is 19.0 Å². The third-order valence-corrected chi connectivity index (χ3v) is 3.54. The number of rotatable bonds is 6. The molecule has 4 heteroatoms. The standard InChI is InChI=1S/C15H23NO3/c1-4-11(5-2)10-16(6-3)15(19)14-12(17)8-7-9-13(14)18/h7-9,11,17-18H,4-6,10H2,1-3H3. The van der Waals surface area contributed by atoms with E-state index in [9.17, 15) is 15.0 Å². The zero-order chi connectivity index (χ0) is 14.4. The maximum Gasteiger partial charge on any atom is 0.261 e. The quantitative estimate of drug-likeness (QED) is 0.831. The van der Waals surface area contributed by atoms with E-state index in [4.69, 9.17) is 0 Å². The van der Waals surface area contributed by atoms with Crippen molar-refractivity contribution < 1.29 is 15.0 Å². The first-order valence-corrected chi connectivity index (χ1v) is 6.85. The minimum Gasteiger partial charge on any atom is -0.507 e. The van der Waals surface area contributed by atoms with Gasteiger partial charge in [0, 0.05) is 13.1 Å². The van der Waals surface area contributed by atoms with Gasteiger partial charge in [0.25, 0.3) is 5.91 Å². The molecule has 0 aromatic heterocycles. The first kappa shape index (κ1) is 15.3. The van der Waals surface area contributed by atoms with Gasteiger partial charge in [-0.1, -0.05) is 32.8 Å². The van der Waals surface area contributed by atoms with E-state index in [-0.39, 0.29) is 23.0 Å². The Balaban J connectivity index is 2.96. The summed E-state index contributed by atoms with van der Waals surface area (Å²) in [4.78, 5) is 14.1. The minimum absolute atomic E-state index is 0.00435. The van der Waals surface area contributed by atoms with Crippen molar-refractivity contribution in [1.82, 2.24) is 4.90 Å². The second-order valence-electron chi connectivity index (χ2n) is 4.70. The van der Waals surface area contributed by atoms with E-state index >= 15 is 0 Å². The normalized spacial score (nSPS) is 10.7. The Morgan fingerprint density at radius 2 is 1.68 bits per heavy atom. The molecule has 106 valence electrons. The Bertz CT molecular complexity index is 407. The molecular formula is C15H23NO3. The average Bonchev–Trinajstić information content (AvgIpc) is 2.40. The summed E-state index contributed by atoms with van der Waals surface area (Å²) in [6, 6.07) is 4.34. The lowest BCUT2D eigenvalue weighted by molar-refractivity contribution is 0.0728. The van der Waals surface area contributed by atoms with Crippen molar-refractivity contribution in [2.45, 2.75) is 33.6 Å². The zero-order valence-corrected chi connectivity index (χ0v) is 11.9. The molecule has 0 saturated heterocycles. The van der Waals surface area contributed by atoms with Crippen LogP contribution in [-0.2, 0) is 0 Å². The predicted octanol–water partition coefficient (Wildman–Crippen LogP) is 3.00. The van der Waals surface area contributed by atoms with Gasteiger partial charge in [0.05, 0.1) is 0 Å². The van der Waals surface area contributed by atoms with Crippen LogP contribution in [0.3, 0.4) is 0 Å². The number of hydrogen-bond donors (Lipinski definition) is 2. The number of nitrogens with zero attached hydrogens (tertiary/aromatic N) is 1. The maximum absolute atomic E-state index is 12.4.